The molecule has 0 aromatic heterocycles. The number of urea groups is 1. The van der Waals surface area contributed by atoms with Crippen molar-refractivity contribution in [3.8, 4) is 0 Å². The van der Waals surface area contributed by atoms with Crippen LogP contribution in [0.25, 0.3) is 10.8 Å². The molecule has 2 heterocycles. The number of carbonyl (C=O) groups is 5. The predicted octanol–water partition coefficient (Wildman–Crippen LogP) is 2.56. The first-order valence-electron chi connectivity index (χ1n) is 10.8. The average molecular weight is 456 g/mol. The van der Waals surface area contributed by atoms with Gasteiger partial charge < -0.3 is 10.2 Å². The molecule has 2 aliphatic heterocycles. The topological polar surface area (TPSA) is 125 Å². The zero-order valence-electron chi connectivity index (χ0n) is 18.0. The van der Waals surface area contributed by atoms with Crippen molar-refractivity contribution in [2.45, 2.75) is 25.4 Å². The third-order valence-corrected chi connectivity index (χ3v) is 6.03. The second kappa shape index (κ2) is 8.43. The Balaban J connectivity index is 1.31. The number of nitrogens with one attached hydrogen (secondary N) is 3. The molecule has 9 heteroatoms. The predicted molar refractivity (Wildman–Crippen MR) is 123 cm³/mol. The van der Waals surface area contributed by atoms with Gasteiger partial charge in [-0.15, -0.1) is 0 Å². The molecule has 1 atom stereocenters. The fraction of sp³-hybridized carbons (Fsp3) is 0.160. The quantitative estimate of drug-likeness (QED) is 0.523. The van der Waals surface area contributed by atoms with Crippen LogP contribution in [0.2, 0.25) is 0 Å². The second-order valence-corrected chi connectivity index (χ2v) is 8.21. The van der Waals surface area contributed by atoms with E-state index >= 15 is 0 Å². The fourth-order valence-electron chi connectivity index (χ4n) is 4.40. The number of hydrogen-bond donors (Lipinski definition) is 3. The Morgan fingerprint density at radius 2 is 1.74 bits per heavy atom. The van der Waals surface area contributed by atoms with Crippen LogP contribution in [0.5, 0.6) is 0 Å². The van der Waals surface area contributed by atoms with Gasteiger partial charge in [0, 0.05) is 18.7 Å². The highest BCUT2D eigenvalue weighted by Gasteiger charge is 2.40. The van der Waals surface area contributed by atoms with Crippen LogP contribution < -0.4 is 16.0 Å². The summed E-state index contributed by atoms with van der Waals surface area (Å²) in [5.41, 5.74) is 1.30. The summed E-state index contributed by atoms with van der Waals surface area (Å²) in [7, 11) is 0. The molecule has 1 fully saturated rings. The van der Waals surface area contributed by atoms with Crippen molar-refractivity contribution in [1.29, 1.82) is 0 Å². The Hall–Kier alpha value is -4.53. The number of fused-ring (bicyclic) bond motifs is 2. The number of hydrogen-bond acceptors (Lipinski definition) is 5. The largest absolute Gasteiger partial charge is 0.326 e. The molecule has 0 saturated carbocycles. The van der Waals surface area contributed by atoms with Gasteiger partial charge in [0.05, 0.1) is 11.1 Å². The molecule has 170 valence electrons. The average Bonchev–Trinajstić information content (AvgIpc) is 3.15. The molecule has 3 aromatic carbocycles. The minimum Gasteiger partial charge on any atom is -0.322 e. The smallest absolute Gasteiger partial charge is 0.322 e. The van der Waals surface area contributed by atoms with E-state index in [1.54, 1.807) is 24.3 Å². The SMILES string of the molecule is O=C1CCC(N2Cc3cccc(C(=O)NC(=O)Nc4ccc5ccccc5c4)c3C2=O)C(=O)N1. The summed E-state index contributed by atoms with van der Waals surface area (Å²) in [5.74, 6) is -2.11. The summed E-state index contributed by atoms with van der Waals surface area (Å²) in [6.07, 6.45) is 0.360. The highest BCUT2D eigenvalue weighted by Crippen LogP contribution is 2.30. The first kappa shape index (κ1) is 21.3. The first-order chi connectivity index (χ1) is 16.4. The van der Waals surface area contributed by atoms with Gasteiger partial charge in [0.15, 0.2) is 0 Å². The van der Waals surface area contributed by atoms with Crippen molar-refractivity contribution in [3.05, 3.63) is 77.4 Å². The molecule has 3 N–H and O–H groups in total. The summed E-state index contributed by atoms with van der Waals surface area (Å²) in [5, 5.41) is 9.10. The summed E-state index contributed by atoms with van der Waals surface area (Å²) in [4.78, 5) is 63.6. The van der Waals surface area contributed by atoms with E-state index in [1.807, 2.05) is 30.3 Å². The highest BCUT2D eigenvalue weighted by molar-refractivity contribution is 6.15. The monoisotopic (exact) mass is 456 g/mol. The molecule has 1 unspecified atom stereocenters. The molecule has 34 heavy (non-hydrogen) atoms. The fourth-order valence-corrected chi connectivity index (χ4v) is 4.40. The van der Waals surface area contributed by atoms with Gasteiger partial charge in [-0.05, 0) is 41.0 Å². The Morgan fingerprint density at radius 1 is 0.941 bits per heavy atom. The van der Waals surface area contributed by atoms with E-state index in [-0.39, 0.29) is 36.4 Å². The zero-order chi connectivity index (χ0) is 23.8. The van der Waals surface area contributed by atoms with Crippen LogP contribution >= 0.6 is 0 Å². The van der Waals surface area contributed by atoms with Gasteiger partial charge >= 0.3 is 6.03 Å². The van der Waals surface area contributed by atoms with E-state index in [2.05, 4.69) is 16.0 Å². The van der Waals surface area contributed by atoms with E-state index in [9.17, 15) is 24.0 Å². The maximum absolute atomic E-state index is 13.1. The zero-order valence-corrected chi connectivity index (χ0v) is 18.0. The Labute approximate surface area is 194 Å². The molecule has 6 amide bonds. The normalized spacial score (nSPS) is 17.4. The molecule has 0 bridgehead atoms. The van der Waals surface area contributed by atoms with Gasteiger partial charge in [0.2, 0.25) is 11.8 Å². The van der Waals surface area contributed by atoms with Crippen LogP contribution in [0.4, 0.5) is 10.5 Å². The lowest BCUT2D eigenvalue weighted by Gasteiger charge is -2.29. The van der Waals surface area contributed by atoms with E-state index < -0.39 is 29.8 Å². The van der Waals surface area contributed by atoms with Crippen LogP contribution in [0.1, 0.15) is 39.1 Å². The van der Waals surface area contributed by atoms with Crippen molar-refractivity contribution in [1.82, 2.24) is 15.5 Å². The Bertz CT molecular complexity index is 1380. The molecule has 9 nitrogen and oxygen atoms in total. The molecule has 1 saturated heterocycles. The summed E-state index contributed by atoms with van der Waals surface area (Å²) in [6, 6.07) is 16.3. The van der Waals surface area contributed by atoms with Gasteiger partial charge in [0.25, 0.3) is 11.8 Å². The maximum atomic E-state index is 13.1. The van der Waals surface area contributed by atoms with Gasteiger partial charge in [0.1, 0.15) is 6.04 Å². The molecule has 5 rings (SSSR count). The number of anilines is 1. The Morgan fingerprint density at radius 3 is 2.53 bits per heavy atom. The number of imide groups is 2. The number of rotatable bonds is 3. The highest BCUT2D eigenvalue weighted by atomic mass is 16.2. The number of carbonyl (C=O) groups excluding carboxylic acids is 5. The Kier molecular flexibility index (Phi) is 5.29. The van der Waals surface area contributed by atoms with E-state index in [0.717, 1.165) is 10.8 Å². The molecule has 3 aromatic rings. The number of piperidine rings is 1. The van der Waals surface area contributed by atoms with Crippen molar-refractivity contribution >= 4 is 46.1 Å². The number of nitrogens with zero attached hydrogens (tertiary/aromatic N) is 1. The lowest BCUT2D eigenvalue weighted by atomic mass is 10.0. The minimum atomic E-state index is -0.787. The molecular weight excluding hydrogens is 436 g/mol. The number of benzene rings is 3. The standard InChI is InChI=1S/C25H20N4O5/c30-20-11-10-19(23(32)27-20)29-13-16-6-3-7-18(21(16)24(29)33)22(31)28-25(34)26-17-9-8-14-4-1-2-5-15(14)12-17/h1-9,12,19H,10-11,13H2,(H,27,30,32)(H2,26,28,31,34). The summed E-state index contributed by atoms with van der Waals surface area (Å²) >= 11 is 0. The van der Waals surface area contributed by atoms with Gasteiger partial charge in [-0.25, -0.2) is 4.79 Å². The summed E-state index contributed by atoms with van der Waals surface area (Å²) < 4.78 is 0. The lowest BCUT2D eigenvalue weighted by molar-refractivity contribution is -0.136. The number of amides is 6. The van der Waals surface area contributed by atoms with Gasteiger partial charge in [-0.2, -0.15) is 0 Å². The van der Waals surface area contributed by atoms with Gasteiger partial charge in [-0.1, -0.05) is 42.5 Å². The van der Waals surface area contributed by atoms with Crippen LogP contribution in [0.3, 0.4) is 0 Å². The van der Waals surface area contributed by atoms with Crippen LogP contribution in [0, 0.1) is 0 Å². The van der Waals surface area contributed by atoms with Crippen molar-refractivity contribution < 1.29 is 24.0 Å². The maximum Gasteiger partial charge on any atom is 0.326 e. The third-order valence-electron chi connectivity index (χ3n) is 6.03. The van der Waals surface area contributed by atoms with E-state index in [4.69, 9.17) is 0 Å². The minimum absolute atomic E-state index is 0.0472. The van der Waals surface area contributed by atoms with E-state index in [1.165, 1.54) is 11.0 Å². The third kappa shape index (κ3) is 3.88. The van der Waals surface area contributed by atoms with Crippen LogP contribution in [-0.2, 0) is 16.1 Å². The van der Waals surface area contributed by atoms with Crippen molar-refractivity contribution in [2.24, 2.45) is 0 Å². The second-order valence-electron chi connectivity index (χ2n) is 8.21. The van der Waals surface area contributed by atoms with Crippen LogP contribution in [0.15, 0.2) is 60.7 Å². The summed E-state index contributed by atoms with van der Waals surface area (Å²) in [6.45, 7) is 0.144. The molecule has 0 radical (unpaired) electrons. The van der Waals surface area contributed by atoms with Crippen molar-refractivity contribution in [2.75, 3.05) is 5.32 Å². The molecule has 0 aliphatic carbocycles. The first-order valence-corrected chi connectivity index (χ1v) is 10.8. The van der Waals surface area contributed by atoms with Crippen LogP contribution in [-0.4, -0.2) is 40.6 Å². The van der Waals surface area contributed by atoms with E-state index in [0.29, 0.717) is 11.3 Å². The molecular formula is C25H20N4O5. The molecule has 0 spiro atoms. The van der Waals surface area contributed by atoms with Crippen molar-refractivity contribution in [3.63, 3.8) is 0 Å². The molecule has 2 aliphatic rings. The van der Waals surface area contributed by atoms with Gasteiger partial charge in [-0.3, -0.25) is 29.8 Å². The lowest BCUT2D eigenvalue weighted by Crippen LogP contribution is -2.52.